The largest absolute Gasteiger partial charge is 0.508 e. The van der Waals surface area contributed by atoms with Crippen LogP contribution in [0.4, 0.5) is 5.69 Å². The molecule has 0 aliphatic rings. The van der Waals surface area contributed by atoms with Crippen molar-refractivity contribution >= 4 is 11.6 Å². The van der Waals surface area contributed by atoms with Crippen molar-refractivity contribution in [3.05, 3.63) is 54.1 Å². The van der Waals surface area contributed by atoms with Gasteiger partial charge in [0.25, 0.3) is 0 Å². The van der Waals surface area contributed by atoms with E-state index in [-0.39, 0.29) is 18.1 Å². The Hall–Kier alpha value is -2.49. The van der Waals surface area contributed by atoms with Crippen LogP contribution in [0.5, 0.6) is 11.5 Å². The van der Waals surface area contributed by atoms with Gasteiger partial charge in [0.2, 0.25) is 5.91 Å². The number of para-hydroxylation sites is 2. The molecule has 0 bridgehead atoms. The monoisotopic (exact) mass is 285 g/mol. The molecule has 0 radical (unpaired) electrons. The number of anilines is 1. The second kappa shape index (κ2) is 7.33. The van der Waals surface area contributed by atoms with Gasteiger partial charge in [-0.25, -0.2) is 0 Å². The van der Waals surface area contributed by atoms with Gasteiger partial charge in [0, 0.05) is 0 Å². The first-order chi connectivity index (χ1) is 10.2. The smallest absolute Gasteiger partial charge is 0.228 e. The summed E-state index contributed by atoms with van der Waals surface area (Å²) in [6.07, 6.45) is 1.16. The molecular formula is C17H19NO3. The zero-order chi connectivity index (χ0) is 15.1. The molecule has 110 valence electrons. The number of hydrogen-bond donors (Lipinski definition) is 2. The van der Waals surface area contributed by atoms with E-state index in [1.165, 1.54) is 0 Å². The maximum atomic E-state index is 12.1. The number of nitrogens with one attached hydrogen (secondary N) is 1. The molecule has 0 aliphatic carbocycles. The summed E-state index contributed by atoms with van der Waals surface area (Å²) in [7, 11) is 0. The van der Waals surface area contributed by atoms with Crippen LogP contribution in [-0.4, -0.2) is 17.6 Å². The Bertz CT molecular complexity index is 593. The van der Waals surface area contributed by atoms with Crippen LogP contribution in [0.3, 0.4) is 0 Å². The van der Waals surface area contributed by atoms with E-state index in [1.54, 1.807) is 24.3 Å². The minimum absolute atomic E-state index is 0.117. The van der Waals surface area contributed by atoms with Crippen molar-refractivity contribution in [2.45, 2.75) is 19.8 Å². The highest BCUT2D eigenvalue weighted by molar-refractivity contribution is 5.93. The molecule has 4 nitrogen and oxygen atoms in total. The first-order valence-corrected chi connectivity index (χ1v) is 6.98. The maximum Gasteiger partial charge on any atom is 0.228 e. The lowest BCUT2D eigenvalue weighted by Gasteiger charge is -2.12. The fourth-order valence-electron chi connectivity index (χ4n) is 1.90. The number of rotatable bonds is 6. The highest BCUT2D eigenvalue weighted by Gasteiger charge is 2.08. The molecule has 0 spiro atoms. The van der Waals surface area contributed by atoms with E-state index < -0.39 is 0 Å². The molecule has 0 heterocycles. The lowest BCUT2D eigenvalue weighted by Crippen LogP contribution is -2.15. The Morgan fingerprint density at radius 2 is 1.86 bits per heavy atom. The lowest BCUT2D eigenvalue weighted by atomic mass is 10.1. The van der Waals surface area contributed by atoms with E-state index >= 15 is 0 Å². The van der Waals surface area contributed by atoms with Gasteiger partial charge in [0.15, 0.2) is 0 Å². The Balaban J connectivity index is 2.00. The Morgan fingerprint density at radius 1 is 1.14 bits per heavy atom. The van der Waals surface area contributed by atoms with E-state index in [0.717, 1.165) is 12.0 Å². The minimum atomic E-state index is -0.117. The van der Waals surface area contributed by atoms with Crippen LogP contribution in [0.25, 0.3) is 0 Å². The van der Waals surface area contributed by atoms with Crippen molar-refractivity contribution in [3.8, 4) is 11.5 Å². The van der Waals surface area contributed by atoms with Crippen LogP contribution < -0.4 is 10.1 Å². The summed E-state index contributed by atoms with van der Waals surface area (Å²) in [5, 5.41) is 12.1. The highest BCUT2D eigenvalue weighted by Crippen LogP contribution is 2.24. The number of phenolic OH excluding ortho intramolecular Hbond substituents is 1. The van der Waals surface area contributed by atoms with Crippen LogP contribution in [0.1, 0.15) is 18.9 Å². The molecule has 0 saturated heterocycles. The van der Waals surface area contributed by atoms with Gasteiger partial charge in [0.1, 0.15) is 11.5 Å². The average Bonchev–Trinajstić information content (AvgIpc) is 2.49. The standard InChI is InChI=1S/C17H19NO3/c1-2-11-21-16-6-4-3-5-15(16)18-17(20)12-13-7-9-14(19)10-8-13/h3-10,19H,2,11-12H2,1H3,(H,18,20). The third-order valence-electron chi connectivity index (χ3n) is 2.92. The van der Waals surface area contributed by atoms with Crippen molar-refractivity contribution < 1.29 is 14.6 Å². The van der Waals surface area contributed by atoms with Crippen LogP contribution in [0, 0.1) is 0 Å². The van der Waals surface area contributed by atoms with Crippen LogP contribution in [-0.2, 0) is 11.2 Å². The number of ether oxygens (including phenoxy) is 1. The molecular weight excluding hydrogens is 266 g/mol. The normalized spacial score (nSPS) is 10.1. The molecule has 0 aliphatic heterocycles. The third-order valence-corrected chi connectivity index (χ3v) is 2.92. The van der Waals surface area contributed by atoms with E-state index in [9.17, 15) is 9.90 Å². The predicted molar refractivity (Wildman–Crippen MR) is 82.7 cm³/mol. The van der Waals surface area contributed by atoms with Crippen molar-refractivity contribution in [2.75, 3.05) is 11.9 Å². The number of carbonyl (C=O) groups is 1. The molecule has 0 fully saturated rings. The predicted octanol–water partition coefficient (Wildman–Crippen LogP) is 3.36. The van der Waals surface area contributed by atoms with E-state index in [0.29, 0.717) is 18.0 Å². The number of aromatic hydroxyl groups is 1. The fraction of sp³-hybridized carbons (Fsp3) is 0.235. The number of benzene rings is 2. The maximum absolute atomic E-state index is 12.1. The van der Waals surface area contributed by atoms with Crippen LogP contribution in [0.2, 0.25) is 0 Å². The van der Waals surface area contributed by atoms with Gasteiger partial charge >= 0.3 is 0 Å². The van der Waals surface area contributed by atoms with Gasteiger partial charge in [-0.05, 0) is 36.2 Å². The molecule has 0 saturated carbocycles. The van der Waals surface area contributed by atoms with Gasteiger partial charge in [0.05, 0.1) is 18.7 Å². The number of carbonyl (C=O) groups excluding carboxylic acids is 1. The molecule has 1 amide bonds. The van der Waals surface area contributed by atoms with Crippen molar-refractivity contribution in [2.24, 2.45) is 0 Å². The summed E-state index contributed by atoms with van der Waals surface area (Å²) in [6.45, 7) is 2.65. The topological polar surface area (TPSA) is 58.6 Å². The lowest BCUT2D eigenvalue weighted by molar-refractivity contribution is -0.115. The first-order valence-electron chi connectivity index (χ1n) is 6.98. The van der Waals surface area contributed by atoms with Gasteiger partial charge in [-0.3, -0.25) is 4.79 Å². The van der Waals surface area contributed by atoms with Crippen molar-refractivity contribution in [1.29, 1.82) is 0 Å². The SMILES string of the molecule is CCCOc1ccccc1NC(=O)Cc1ccc(O)cc1. The summed E-state index contributed by atoms with van der Waals surface area (Å²) >= 11 is 0. The molecule has 0 unspecified atom stereocenters. The zero-order valence-corrected chi connectivity index (χ0v) is 12.0. The molecule has 4 heteroatoms. The quantitative estimate of drug-likeness (QED) is 0.855. The van der Waals surface area contributed by atoms with Gasteiger partial charge < -0.3 is 15.2 Å². The zero-order valence-electron chi connectivity index (χ0n) is 12.0. The molecule has 2 N–H and O–H groups in total. The molecule has 21 heavy (non-hydrogen) atoms. The first kappa shape index (κ1) is 14.9. The second-order valence-corrected chi connectivity index (χ2v) is 4.74. The Morgan fingerprint density at radius 3 is 2.57 bits per heavy atom. The summed E-state index contributed by atoms with van der Waals surface area (Å²) in [4.78, 5) is 12.1. The average molecular weight is 285 g/mol. The van der Waals surface area contributed by atoms with E-state index in [4.69, 9.17) is 4.74 Å². The van der Waals surface area contributed by atoms with Gasteiger partial charge in [-0.2, -0.15) is 0 Å². The summed E-state index contributed by atoms with van der Waals surface area (Å²) in [5.74, 6) is 0.754. The van der Waals surface area contributed by atoms with E-state index in [1.807, 2.05) is 31.2 Å². The molecule has 2 rings (SSSR count). The third kappa shape index (κ3) is 4.53. The van der Waals surface area contributed by atoms with Gasteiger partial charge in [-0.15, -0.1) is 0 Å². The molecule has 0 aromatic heterocycles. The summed E-state index contributed by atoms with van der Waals surface area (Å²) in [5.41, 5.74) is 1.52. The number of hydrogen-bond acceptors (Lipinski definition) is 3. The molecule has 0 atom stereocenters. The summed E-state index contributed by atoms with van der Waals surface area (Å²) in [6, 6.07) is 14.0. The van der Waals surface area contributed by atoms with Gasteiger partial charge in [-0.1, -0.05) is 31.2 Å². The van der Waals surface area contributed by atoms with Crippen molar-refractivity contribution in [3.63, 3.8) is 0 Å². The Labute approximate surface area is 124 Å². The Kier molecular flexibility index (Phi) is 5.21. The van der Waals surface area contributed by atoms with E-state index in [2.05, 4.69) is 5.32 Å². The fourth-order valence-corrected chi connectivity index (χ4v) is 1.90. The number of amides is 1. The van der Waals surface area contributed by atoms with Crippen LogP contribution in [0.15, 0.2) is 48.5 Å². The highest BCUT2D eigenvalue weighted by atomic mass is 16.5. The minimum Gasteiger partial charge on any atom is -0.508 e. The number of phenols is 1. The second-order valence-electron chi connectivity index (χ2n) is 4.74. The van der Waals surface area contributed by atoms with Crippen LogP contribution >= 0.6 is 0 Å². The molecule has 2 aromatic carbocycles. The summed E-state index contributed by atoms with van der Waals surface area (Å²) < 4.78 is 5.61. The van der Waals surface area contributed by atoms with Crippen molar-refractivity contribution in [1.82, 2.24) is 0 Å². The molecule has 2 aromatic rings.